The Morgan fingerprint density at radius 2 is 1.95 bits per heavy atom. The Morgan fingerprint density at radius 3 is 2.42 bits per heavy atom. The molecule has 0 saturated carbocycles. The first-order chi connectivity index (χ1) is 9.12. The van der Waals surface area contributed by atoms with Gasteiger partial charge in [-0.05, 0) is 37.1 Å². The Balaban J connectivity index is 2.62. The van der Waals surface area contributed by atoms with Gasteiger partial charge in [0.05, 0.1) is 6.61 Å². The lowest BCUT2D eigenvalue weighted by molar-refractivity contribution is 0.0936. The van der Waals surface area contributed by atoms with Crippen LogP contribution in [0.3, 0.4) is 0 Å². The molecule has 19 heavy (non-hydrogen) atoms. The maximum atomic E-state index is 12.1. The molecule has 5 heteroatoms. The van der Waals surface area contributed by atoms with Gasteiger partial charge < -0.3 is 10.4 Å². The van der Waals surface area contributed by atoms with Gasteiger partial charge in [0.2, 0.25) is 0 Å². The summed E-state index contributed by atoms with van der Waals surface area (Å²) in [6, 6.07) is 7.60. The number of aliphatic hydroxyl groups excluding tert-OH is 1. The van der Waals surface area contributed by atoms with Crippen LogP contribution >= 0.6 is 23.5 Å². The molecular formula is C14H21NO2S2. The molecule has 2 atom stereocenters. The molecule has 1 aromatic rings. The summed E-state index contributed by atoms with van der Waals surface area (Å²) in [5.74, 6) is 0.868. The fraction of sp³-hybridized carbons (Fsp3) is 0.500. The van der Waals surface area contributed by atoms with E-state index in [4.69, 9.17) is 0 Å². The number of benzene rings is 1. The van der Waals surface area contributed by atoms with Crippen LogP contribution in [-0.2, 0) is 5.75 Å². The highest BCUT2D eigenvalue weighted by molar-refractivity contribution is 7.99. The standard InChI is InChI=1S/C14H21NO2S2/c1-10(13(8-16)19-3)15-14(17)12-6-4-11(5-7-12)9-18-2/h4-7,10,13,16H,8-9H2,1-3H3,(H,15,17). The van der Waals surface area contributed by atoms with E-state index in [1.165, 1.54) is 5.56 Å². The number of hydrogen-bond donors (Lipinski definition) is 2. The third-order valence-corrected chi connectivity index (χ3v) is 4.71. The van der Waals surface area contributed by atoms with Crippen LogP contribution in [-0.4, -0.2) is 41.4 Å². The number of aliphatic hydroxyl groups is 1. The Hall–Kier alpha value is -0.650. The van der Waals surface area contributed by atoms with Gasteiger partial charge in [-0.2, -0.15) is 23.5 Å². The summed E-state index contributed by atoms with van der Waals surface area (Å²) in [7, 11) is 0. The predicted molar refractivity (Wildman–Crippen MR) is 85.0 cm³/mol. The molecular weight excluding hydrogens is 278 g/mol. The fourth-order valence-electron chi connectivity index (χ4n) is 1.74. The zero-order valence-electron chi connectivity index (χ0n) is 11.6. The smallest absolute Gasteiger partial charge is 0.251 e. The summed E-state index contributed by atoms with van der Waals surface area (Å²) >= 11 is 3.32. The molecule has 0 aliphatic heterocycles. The number of amides is 1. The van der Waals surface area contributed by atoms with Crippen LogP contribution in [0, 0.1) is 0 Å². The summed E-state index contributed by atoms with van der Waals surface area (Å²) in [6.45, 7) is 1.98. The molecule has 0 fully saturated rings. The average Bonchev–Trinajstić information content (AvgIpc) is 2.41. The second kappa shape index (κ2) is 8.51. The van der Waals surface area contributed by atoms with Crippen molar-refractivity contribution >= 4 is 29.4 Å². The van der Waals surface area contributed by atoms with Crippen LogP contribution in [0.1, 0.15) is 22.8 Å². The maximum Gasteiger partial charge on any atom is 0.251 e. The van der Waals surface area contributed by atoms with Crippen molar-refractivity contribution in [3.05, 3.63) is 35.4 Å². The minimum atomic E-state index is -0.0873. The fourth-order valence-corrected chi connectivity index (χ4v) is 2.89. The molecule has 0 aliphatic carbocycles. The third kappa shape index (κ3) is 5.09. The minimum absolute atomic E-state index is 0.0275. The summed E-state index contributed by atoms with van der Waals surface area (Å²) in [5.41, 5.74) is 1.88. The summed E-state index contributed by atoms with van der Waals surface area (Å²) in [5, 5.41) is 12.2. The van der Waals surface area contributed by atoms with Gasteiger partial charge in [-0.15, -0.1) is 0 Å². The molecule has 1 rings (SSSR count). The largest absolute Gasteiger partial charge is 0.395 e. The quantitative estimate of drug-likeness (QED) is 0.812. The number of thioether (sulfide) groups is 2. The van der Waals surface area contributed by atoms with Crippen LogP contribution < -0.4 is 5.32 Å². The van der Waals surface area contributed by atoms with Crippen LogP contribution in [0.4, 0.5) is 0 Å². The van der Waals surface area contributed by atoms with Crippen molar-refractivity contribution in [1.29, 1.82) is 0 Å². The van der Waals surface area contributed by atoms with Crippen molar-refractivity contribution in [3.63, 3.8) is 0 Å². The van der Waals surface area contributed by atoms with E-state index in [-0.39, 0.29) is 23.8 Å². The topological polar surface area (TPSA) is 49.3 Å². The second-order valence-electron chi connectivity index (χ2n) is 4.35. The van der Waals surface area contributed by atoms with Gasteiger partial charge in [-0.1, -0.05) is 12.1 Å². The Morgan fingerprint density at radius 1 is 1.32 bits per heavy atom. The molecule has 106 valence electrons. The first-order valence-electron chi connectivity index (χ1n) is 6.14. The number of nitrogens with one attached hydrogen (secondary N) is 1. The SMILES string of the molecule is CSCc1ccc(C(=O)NC(C)C(CO)SC)cc1. The molecule has 0 bridgehead atoms. The minimum Gasteiger partial charge on any atom is -0.395 e. The molecule has 0 spiro atoms. The monoisotopic (exact) mass is 299 g/mol. The van der Waals surface area contributed by atoms with Crippen molar-refractivity contribution < 1.29 is 9.90 Å². The van der Waals surface area contributed by atoms with E-state index in [0.717, 1.165) is 5.75 Å². The highest BCUT2D eigenvalue weighted by Gasteiger charge is 2.17. The maximum absolute atomic E-state index is 12.1. The lowest BCUT2D eigenvalue weighted by Gasteiger charge is -2.21. The highest BCUT2D eigenvalue weighted by atomic mass is 32.2. The van der Waals surface area contributed by atoms with E-state index in [1.54, 1.807) is 23.5 Å². The molecule has 0 aromatic heterocycles. The average molecular weight is 299 g/mol. The lowest BCUT2D eigenvalue weighted by Crippen LogP contribution is -2.41. The van der Waals surface area contributed by atoms with Gasteiger partial charge in [0.1, 0.15) is 0 Å². The first kappa shape index (κ1) is 16.4. The van der Waals surface area contributed by atoms with Crippen LogP contribution in [0.25, 0.3) is 0 Å². The van der Waals surface area contributed by atoms with E-state index in [2.05, 4.69) is 11.6 Å². The zero-order valence-corrected chi connectivity index (χ0v) is 13.2. The molecule has 2 unspecified atom stereocenters. The van der Waals surface area contributed by atoms with Crippen LogP contribution in [0.15, 0.2) is 24.3 Å². The molecule has 1 aromatic carbocycles. The van der Waals surface area contributed by atoms with E-state index in [9.17, 15) is 9.90 Å². The van der Waals surface area contributed by atoms with Gasteiger partial charge in [-0.25, -0.2) is 0 Å². The van der Waals surface area contributed by atoms with E-state index < -0.39 is 0 Å². The number of carbonyl (C=O) groups excluding carboxylic acids is 1. The van der Waals surface area contributed by atoms with E-state index in [0.29, 0.717) is 5.56 Å². The van der Waals surface area contributed by atoms with Gasteiger partial charge in [0.15, 0.2) is 0 Å². The molecule has 2 N–H and O–H groups in total. The summed E-state index contributed by atoms with van der Waals surface area (Å²) < 4.78 is 0. The second-order valence-corrected chi connectivity index (χ2v) is 6.29. The van der Waals surface area contributed by atoms with E-state index in [1.807, 2.05) is 37.4 Å². The van der Waals surface area contributed by atoms with Crippen molar-refractivity contribution in [1.82, 2.24) is 5.32 Å². The van der Waals surface area contributed by atoms with Crippen molar-refractivity contribution in [3.8, 4) is 0 Å². The van der Waals surface area contributed by atoms with Crippen molar-refractivity contribution in [2.45, 2.75) is 24.0 Å². The molecule has 0 saturated heterocycles. The van der Waals surface area contributed by atoms with Crippen LogP contribution in [0.5, 0.6) is 0 Å². The Kier molecular flexibility index (Phi) is 7.34. The van der Waals surface area contributed by atoms with Gasteiger partial charge in [0, 0.05) is 22.6 Å². The van der Waals surface area contributed by atoms with Gasteiger partial charge in [0.25, 0.3) is 5.91 Å². The molecule has 0 aliphatic rings. The number of carbonyl (C=O) groups is 1. The Labute approximate surface area is 123 Å². The number of rotatable bonds is 7. The van der Waals surface area contributed by atoms with Crippen molar-refractivity contribution in [2.75, 3.05) is 19.1 Å². The summed E-state index contributed by atoms with van der Waals surface area (Å²) in [6.07, 6.45) is 3.99. The normalized spacial score (nSPS) is 13.9. The zero-order chi connectivity index (χ0) is 14.3. The molecule has 0 heterocycles. The summed E-state index contributed by atoms with van der Waals surface area (Å²) in [4.78, 5) is 12.1. The van der Waals surface area contributed by atoms with Gasteiger partial charge >= 0.3 is 0 Å². The van der Waals surface area contributed by atoms with Crippen LogP contribution in [0.2, 0.25) is 0 Å². The lowest BCUT2D eigenvalue weighted by atomic mass is 10.1. The first-order valence-corrected chi connectivity index (χ1v) is 8.83. The predicted octanol–water partition coefficient (Wildman–Crippen LogP) is 2.39. The number of hydrogen-bond acceptors (Lipinski definition) is 4. The van der Waals surface area contributed by atoms with Crippen molar-refractivity contribution in [2.24, 2.45) is 0 Å². The Bertz CT molecular complexity index is 391. The molecule has 0 radical (unpaired) electrons. The molecule has 3 nitrogen and oxygen atoms in total. The molecule has 1 amide bonds. The third-order valence-electron chi connectivity index (χ3n) is 2.93. The van der Waals surface area contributed by atoms with Gasteiger partial charge in [-0.3, -0.25) is 4.79 Å². The van der Waals surface area contributed by atoms with E-state index >= 15 is 0 Å². The highest BCUT2D eigenvalue weighted by Crippen LogP contribution is 2.13.